The Morgan fingerprint density at radius 1 is 1.07 bits per heavy atom. The molecule has 1 N–H and O–H groups in total. The molecular weight excluding hydrogens is 529 g/mol. The van der Waals surface area contributed by atoms with Gasteiger partial charge in [-0.15, -0.1) is 0 Å². The van der Waals surface area contributed by atoms with Gasteiger partial charge in [-0.25, -0.2) is 4.39 Å². The number of aryl methyl sites for hydroxylation is 1. The summed E-state index contributed by atoms with van der Waals surface area (Å²) in [5.41, 5.74) is 5.04. The van der Waals surface area contributed by atoms with Gasteiger partial charge in [-0.3, -0.25) is 19.3 Å². The Morgan fingerprint density at radius 2 is 1.85 bits per heavy atom. The minimum absolute atomic E-state index is 0.0206. The molecule has 0 saturated heterocycles. The molecule has 0 atom stereocenters. The molecule has 2 heterocycles. The van der Waals surface area contributed by atoms with Crippen molar-refractivity contribution in [1.82, 2.24) is 9.71 Å². The Bertz CT molecular complexity index is 1590. The largest absolute Gasteiger partial charge is 0.492 e. The lowest BCUT2D eigenvalue weighted by atomic mass is 10.0. The molecule has 206 valence electrons. The van der Waals surface area contributed by atoms with Crippen molar-refractivity contribution in [2.45, 2.75) is 39.5 Å². The third kappa shape index (κ3) is 5.34. The second kappa shape index (κ2) is 12.0. The number of pyridine rings is 1. The van der Waals surface area contributed by atoms with E-state index in [2.05, 4.69) is 9.71 Å². The molecule has 0 bridgehead atoms. The number of hydrogen-bond acceptors (Lipinski definition) is 6. The number of fused-ring (bicyclic) bond motifs is 2. The lowest BCUT2D eigenvalue weighted by molar-refractivity contribution is -0.118. The molecule has 40 heavy (non-hydrogen) atoms. The number of benzene rings is 3. The zero-order valence-corrected chi connectivity index (χ0v) is 23.4. The molecule has 1 aliphatic heterocycles. The summed E-state index contributed by atoms with van der Waals surface area (Å²) in [7, 11) is 0. The van der Waals surface area contributed by atoms with Crippen molar-refractivity contribution < 1.29 is 23.5 Å². The third-order valence-electron chi connectivity index (χ3n) is 6.71. The molecule has 0 spiro atoms. The number of aromatic nitrogens is 1. The van der Waals surface area contributed by atoms with Crippen LogP contribution >= 0.6 is 11.9 Å². The van der Waals surface area contributed by atoms with E-state index in [1.165, 1.54) is 18.0 Å². The molecule has 0 radical (unpaired) electrons. The number of hydrogen-bond donors (Lipinski definition) is 1. The smallest absolute Gasteiger partial charge is 0.262 e. The number of ether oxygens (including phenoxy) is 2. The van der Waals surface area contributed by atoms with Crippen molar-refractivity contribution >= 4 is 40.4 Å². The Hall–Kier alpha value is -4.11. The normalized spacial score (nSPS) is 12.5. The fraction of sp³-hybridized carbons (Fsp3) is 0.258. The molecule has 7 nitrogen and oxygen atoms in total. The average molecular weight is 560 g/mol. The second-order valence-electron chi connectivity index (χ2n) is 9.37. The molecule has 1 aliphatic rings. The molecule has 1 aromatic heterocycles. The maximum atomic E-state index is 13.8. The van der Waals surface area contributed by atoms with Crippen molar-refractivity contribution in [3.05, 3.63) is 94.4 Å². The lowest BCUT2D eigenvalue weighted by Gasteiger charge is -2.19. The van der Waals surface area contributed by atoms with Gasteiger partial charge >= 0.3 is 0 Å². The van der Waals surface area contributed by atoms with Gasteiger partial charge in [-0.05, 0) is 73.7 Å². The summed E-state index contributed by atoms with van der Waals surface area (Å²) in [6, 6.07) is 15.9. The van der Waals surface area contributed by atoms with Crippen LogP contribution in [0, 0.1) is 12.7 Å². The van der Waals surface area contributed by atoms with Crippen molar-refractivity contribution in [2.75, 3.05) is 18.1 Å². The summed E-state index contributed by atoms with van der Waals surface area (Å²) in [5, 5.41) is 0.753. The van der Waals surface area contributed by atoms with Gasteiger partial charge in [0.2, 0.25) is 5.91 Å². The zero-order valence-electron chi connectivity index (χ0n) is 22.6. The number of amides is 2. The van der Waals surface area contributed by atoms with E-state index in [0.717, 1.165) is 27.8 Å². The monoisotopic (exact) mass is 559 g/mol. The number of anilines is 1. The quantitative estimate of drug-likeness (QED) is 0.235. The fourth-order valence-electron chi connectivity index (χ4n) is 4.99. The highest BCUT2D eigenvalue weighted by atomic mass is 32.2. The van der Waals surface area contributed by atoms with E-state index in [0.29, 0.717) is 53.7 Å². The first-order valence-electron chi connectivity index (χ1n) is 13.2. The van der Waals surface area contributed by atoms with E-state index in [4.69, 9.17) is 9.47 Å². The van der Waals surface area contributed by atoms with E-state index in [1.807, 2.05) is 51.1 Å². The zero-order chi connectivity index (χ0) is 28.2. The first-order valence-corrected chi connectivity index (χ1v) is 14.2. The number of rotatable bonds is 10. The minimum Gasteiger partial charge on any atom is -0.492 e. The van der Waals surface area contributed by atoms with E-state index in [9.17, 15) is 14.0 Å². The number of carbonyl (C=O) groups is 2. The van der Waals surface area contributed by atoms with Crippen LogP contribution in [0.3, 0.4) is 0 Å². The van der Waals surface area contributed by atoms with Crippen molar-refractivity contribution in [3.63, 3.8) is 0 Å². The van der Waals surface area contributed by atoms with Crippen molar-refractivity contribution in [2.24, 2.45) is 0 Å². The standard InChI is InChI=1S/C31H30FN3O4S/c1-4-38-29-22-10-8-14-33-28(22)30(39-5-2)23-17-35(31(37)27(23)29)25-13-12-20(15-19(25)3)18-40-34-26(36)16-21-9-6-7-11-24(21)32/h6-15H,4-5,16-18H2,1-3H3,(H,34,36). The van der Waals surface area contributed by atoms with Crippen LogP contribution < -0.4 is 19.1 Å². The summed E-state index contributed by atoms with van der Waals surface area (Å²) in [6.45, 7) is 6.97. The van der Waals surface area contributed by atoms with Gasteiger partial charge in [-0.1, -0.05) is 30.3 Å². The predicted octanol–water partition coefficient (Wildman–Crippen LogP) is 6.15. The molecule has 9 heteroatoms. The third-order valence-corrected chi connectivity index (χ3v) is 7.56. The number of carbonyl (C=O) groups excluding carboxylic acids is 2. The van der Waals surface area contributed by atoms with Gasteiger partial charge in [0, 0.05) is 28.6 Å². The van der Waals surface area contributed by atoms with Crippen LogP contribution in [0.4, 0.5) is 10.1 Å². The van der Waals surface area contributed by atoms with Gasteiger partial charge in [-0.2, -0.15) is 0 Å². The fourth-order valence-corrected chi connectivity index (χ4v) is 5.64. The molecule has 0 aliphatic carbocycles. The molecule has 4 aromatic rings. The van der Waals surface area contributed by atoms with Gasteiger partial charge in [0.1, 0.15) is 17.1 Å². The molecule has 2 amide bonds. The van der Waals surface area contributed by atoms with Gasteiger partial charge in [0.05, 0.1) is 31.7 Å². The van der Waals surface area contributed by atoms with E-state index in [-0.39, 0.29) is 18.2 Å². The van der Waals surface area contributed by atoms with Crippen LogP contribution in [-0.2, 0) is 23.5 Å². The van der Waals surface area contributed by atoms with Crippen LogP contribution in [0.15, 0.2) is 60.8 Å². The SMILES string of the molecule is CCOc1c2c(c(OCC)c3ncccc13)CN(c1ccc(CSNC(=O)Cc3ccccc3F)cc1C)C2=O. The maximum absolute atomic E-state index is 13.8. The molecule has 5 rings (SSSR count). The molecule has 0 saturated carbocycles. The predicted molar refractivity (Wildman–Crippen MR) is 155 cm³/mol. The summed E-state index contributed by atoms with van der Waals surface area (Å²) >= 11 is 1.25. The van der Waals surface area contributed by atoms with E-state index < -0.39 is 5.82 Å². The topological polar surface area (TPSA) is 80.8 Å². The Kier molecular flexibility index (Phi) is 8.21. The molecule has 0 fully saturated rings. The van der Waals surface area contributed by atoms with Crippen molar-refractivity contribution in [3.8, 4) is 11.5 Å². The summed E-state index contributed by atoms with van der Waals surface area (Å²) in [4.78, 5) is 32.4. The lowest BCUT2D eigenvalue weighted by Crippen LogP contribution is -2.24. The highest BCUT2D eigenvalue weighted by Gasteiger charge is 2.37. The maximum Gasteiger partial charge on any atom is 0.262 e. The number of nitrogens with one attached hydrogen (secondary N) is 1. The molecule has 0 unspecified atom stereocenters. The van der Waals surface area contributed by atoms with Crippen LogP contribution in [0.5, 0.6) is 11.5 Å². The summed E-state index contributed by atoms with van der Waals surface area (Å²) in [6.07, 6.45) is 1.69. The van der Waals surface area contributed by atoms with Crippen LogP contribution in [0.25, 0.3) is 10.9 Å². The molecule has 3 aromatic carbocycles. The highest BCUT2D eigenvalue weighted by molar-refractivity contribution is 7.97. The first kappa shape index (κ1) is 27.5. The molecular formula is C31H30FN3O4S. The van der Waals surface area contributed by atoms with E-state index in [1.54, 1.807) is 29.3 Å². The Morgan fingerprint density at radius 3 is 2.60 bits per heavy atom. The van der Waals surface area contributed by atoms with Gasteiger partial charge in [0.25, 0.3) is 5.91 Å². The number of nitrogens with zero attached hydrogens (tertiary/aromatic N) is 2. The van der Waals surface area contributed by atoms with Crippen LogP contribution in [-0.4, -0.2) is 30.0 Å². The minimum atomic E-state index is -0.390. The van der Waals surface area contributed by atoms with E-state index >= 15 is 0 Å². The first-order chi connectivity index (χ1) is 19.4. The summed E-state index contributed by atoms with van der Waals surface area (Å²) < 4.78 is 28.6. The Balaban J connectivity index is 1.34. The second-order valence-corrected chi connectivity index (χ2v) is 10.2. The van der Waals surface area contributed by atoms with Crippen LogP contribution in [0.1, 0.15) is 46.5 Å². The summed E-state index contributed by atoms with van der Waals surface area (Å²) in [5.74, 6) is 0.881. The van der Waals surface area contributed by atoms with Crippen molar-refractivity contribution in [1.29, 1.82) is 0 Å². The number of halogens is 1. The van der Waals surface area contributed by atoms with Gasteiger partial charge in [0.15, 0.2) is 5.75 Å². The van der Waals surface area contributed by atoms with Gasteiger partial charge < -0.3 is 14.4 Å². The van der Waals surface area contributed by atoms with Crippen LogP contribution in [0.2, 0.25) is 0 Å². The Labute approximate surface area is 236 Å². The average Bonchev–Trinajstić information content (AvgIpc) is 3.28. The highest BCUT2D eigenvalue weighted by Crippen LogP contribution is 2.45.